The first kappa shape index (κ1) is 20.0. The Kier molecular flexibility index (Phi) is 6.09. The van der Waals surface area contributed by atoms with E-state index in [-0.39, 0.29) is 23.5 Å². The Morgan fingerprint density at radius 2 is 1.65 bits per heavy atom. The van der Waals surface area contributed by atoms with Crippen LogP contribution >= 0.6 is 0 Å². The average molecular weight is 382 g/mol. The number of rotatable bonds is 6. The Balaban J connectivity index is 1.99. The smallest absolute Gasteiger partial charge is 0.241 e. The number of hydrogen-bond acceptors (Lipinski definition) is 3. The fourth-order valence-corrected chi connectivity index (χ4v) is 4.25. The van der Waals surface area contributed by atoms with Gasteiger partial charge in [0.05, 0.1) is 10.6 Å². The molecule has 0 aliphatic carbocycles. The third-order valence-corrected chi connectivity index (χ3v) is 5.49. The second-order valence-corrected chi connectivity index (χ2v) is 7.75. The van der Waals surface area contributed by atoms with Crippen molar-refractivity contribution in [3.05, 3.63) is 58.7 Å². The van der Waals surface area contributed by atoms with E-state index >= 15 is 0 Å². The molecule has 8 heteroatoms. The summed E-state index contributed by atoms with van der Waals surface area (Å²) in [5, 5.41) is 2.28. The van der Waals surface area contributed by atoms with Crippen molar-refractivity contribution in [3.8, 4) is 0 Å². The van der Waals surface area contributed by atoms with Gasteiger partial charge in [0.1, 0.15) is 11.6 Å². The molecule has 5 nitrogen and oxygen atoms in total. The van der Waals surface area contributed by atoms with E-state index in [1.165, 1.54) is 0 Å². The number of sulfonamides is 1. The average Bonchev–Trinajstić information content (AvgIpc) is 2.48. The maximum absolute atomic E-state index is 13.5. The Labute approximate surface area is 151 Å². The molecule has 26 heavy (non-hydrogen) atoms. The molecule has 2 rings (SSSR count). The Morgan fingerprint density at radius 1 is 1.04 bits per heavy atom. The number of halogens is 2. The molecule has 0 saturated heterocycles. The number of aryl methyl sites for hydroxylation is 3. The van der Waals surface area contributed by atoms with Crippen molar-refractivity contribution in [2.45, 2.75) is 32.1 Å². The van der Waals surface area contributed by atoms with Crippen LogP contribution in [0.15, 0.2) is 35.2 Å². The molecule has 0 fully saturated rings. The minimum absolute atomic E-state index is 0.149. The van der Waals surface area contributed by atoms with Gasteiger partial charge in [0, 0.05) is 19.0 Å². The van der Waals surface area contributed by atoms with E-state index in [0.717, 1.165) is 17.7 Å². The summed E-state index contributed by atoms with van der Waals surface area (Å²) in [6.45, 7) is 5.14. The molecule has 0 aromatic heterocycles. The van der Waals surface area contributed by atoms with Gasteiger partial charge >= 0.3 is 0 Å². The van der Waals surface area contributed by atoms with Crippen LogP contribution in [0.2, 0.25) is 0 Å². The summed E-state index contributed by atoms with van der Waals surface area (Å²) in [5.41, 5.74) is 2.03. The maximum atomic E-state index is 13.5. The highest BCUT2D eigenvalue weighted by atomic mass is 32.2. The molecule has 2 aromatic rings. The summed E-state index contributed by atoms with van der Waals surface area (Å²) in [5.74, 6) is -2.24. The molecule has 2 aromatic carbocycles. The van der Waals surface area contributed by atoms with Crippen molar-refractivity contribution in [1.29, 1.82) is 0 Å². The van der Waals surface area contributed by atoms with Crippen LogP contribution in [0.25, 0.3) is 0 Å². The highest BCUT2D eigenvalue weighted by Gasteiger charge is 2.20. The number of benzene rings is 2. The van der Waals surface area contributed by atoms with Gasteiger partial charge in [-0.05, 0) is 44.0 Å². The minimum Gasteiger partial charge on any atom is -0.324 e. The largest absolute Gasteiger partial charge is 0.324 e. The van der Waals surface area contributed by atoms with Crippen molar-refractivity contribution < 1.29 is 22.0 Å². The molecule has 0 radical (unpaired) electrons. The zero-order valence-electron chi connectivity index (χ0n) is 14.7. The van der Waals surface area contributed by atoms with E-state index in [4.69, 9.17) is 0 Å². The Hall–Kier alpha value is -2.32. The number of carbonyl (C=O) groups is 1. The molecule has 0 heterocycles. The van der Waals surface area contributed by atoms with Crippen molar-refractivity contribution in [2.24, 2.45) is 0 Å². The lowest BCUT2D eigenvalue weighted by molar-refractivity contribution is -0.116. The minimum atomic E-state index is -3.77. The van der Waals surface area contributed by atoms with Gasteiger partial charge < -0.3 is 5.32 Å². The number of amides is 1. The van der Waals surface area contributed by atoms with E-state index in [9.17, 15) is 22.0 Å². The first-order chi connectivity index (χ1) is 12.1. The molecule has 0 aliphatic heterocycles. The maximum Gasteiger partial charge on any atom is 0.241 e. The molecule has 0 atom stereocenters. The number of anilines is 1. The highest BCUT2D eigenvalue weighted by molar-refractivity contribution is 7.89. The lowest BCUT2D eigenvalue weighted by Gasteiger charge is -2.13. The third kappa shape index (κ3) is 4.86. The van der Waals surface area contributed by atoms with E-state index in [1.807, 2.05) is 6.92 Å². The van der Waals surface area contributed by atoms with Gasteiger partial charge in [0.2, 0.25) is 15.9 Å². The van der Waals surface area contributed by atoms with Crippen molar-refractivity contribution in [1.82, 2.24) is 4.72 Å². The van der Waals surface area contributed by atoms with Crippen molar-refractivity contribution >= 4 is 21.6 Å². The van der Waals surface area contributed by atoms with Crippen LogP contribution in [-0.4, -0.2) is 20.9 Å². The second-order valence-electron chi connectivity index (χ2n) is 6.05. The predicted octanol–water partition coefficient (Wildman–Crippen LogP) is 3.20. The van der Waals surface area contributed by atoms with Crippen LogP contribution in [0.1, 0.15) is 23.1 Å². The molecule has 0 spiro atoms. The molecule has 2 N–H and O–H groups in total. The molecule has 0 saturated carbocycles. The van der Waals surface area contributed by atoms with Gasteiger partial charge in [-0.1, -0.05) is 17.7 Å². The van der Waals surface area contributed by atoms with E-state index < -0.39 is 27.6 Å². The van der Waals surface area contributed by atoms with E-state index in [2.05, 4.69) is 10.0 Å². The SMILES string of the molecule is Cc1cc(C)c(S(=O)(=O)NCCC(=O)Nc2ccc(F)cc2F)c(C)c1. The Morgan fingerprint density at radius 3 is 2.23 bits per heavy atom. The van der Waals surface area contributed by atoms with Crippen molar-refractivity contribution in [3.63, 3.8) is 0 Å². The van der Waals surface area contributed by atoms with Gasteiger partial charge in [-0.2, -0.15) is 0 Å². The standard InChI is InChI=1S/C18H20F2N2O3S/c1-11-8-12(2)18(13(3)9-11)26(24,25)21-7-6-17(23)22-16-5-4-14(19)10-15(16)20/h4-5,8-10,21H,6-7H2,1-3H3,(H,22,23). The van der Waals surface area contributed by atoms with Crippen LogP contribution < -0.4 is 10.0 Å². The first-order valence-electron chi connectivity index (χ1n) is 7.92. The molecule has 140 valence electrons. The number of nitrogens with one attached hydrogen (secondary N) is 2. The summed E-state index contributed by atoms with van der Waals surface area (Å²) in [4.78, 5) is 12.0. The summed E-state index contributed by atoms with van der Waals surface area (Å²) >= 11 is 0. The van der Waals surface area contributed by atoms with Crippen LogP contribution in [0.4, 0.5) is 14.5 Å². The van der Waals surface area contributed by atoms with Crippen LogP contribution in [0.3, 0.4) is 0 Å². The van der Waals surface area contributed by atoms with Gasteiger partial charge in [0.15, 0.2) is 0 Å². The topological polar surface area (TPSA) is 75.3 Å². The fourth-order valence-electron chi connectivity index (χ4n) is 2.77. The summed E-state index contributed by atoms with van der Waals surface area (Å²) in [6, 6.07) is 6.31. The van der Waals surface area contributed by atoms with Gasteiger partial charge in [0.25, 0.3) is 0 Å². The molecule has 1 amide bonds. The molecular formula is C18H20F2N2O3S. The van der Waals surface area contributed by atoms with Gasteiger partial charge in [-0.25, -0.2) is 21.9 Å². The van der Waals surface area contributed by atoms with Crippen LogP contribution in [0, 0.1) is 32.4 Å². The first-order valence-corrected chi connectivity index (χ1v) is 9.41. The lowest BCUT2D eigenvalue weighted by Crippen LogP contribution is -2.29. The van der Waals surface area contributed by atoms with E-state index in [1.54, 1.807) is 26.0 Å². The van der Waals surface area contributed by atoms with Crippen LogP contribution in [0.5, 0.6) is 0 Å². The summed E-state index contributed by atoms with van der Waals surface area (Å²) < 4.78 is 53.7. The Bertz CT molecular complexity index is 920. The third-order valence-electron chi connectivity index (χ3n) is 3.72. The van der Waals surface area contributed by atoms with E-state index in [0.29, 0.717) is 17.2 Å². The van der Waals surface area contributed by atoms with Gasteiger partial charge in [-0.15, -0.1) is 0 Å². The highest BCUT2D eigenvalue weighted by Crippen LogP contribution is 2.21. The van der Waals surface area contributed by atoms with Gasteiger partial charge in [-0.3, -0.25) is 4.79 Å². The molecular weight excluding hydrogens is 362 g/mol. The normalized spacial score (nSPS) is 11.4. The predicted molar refractivity (Wildman–Crippen MR) is 95.4 cm³/mol. The summed E-state index contributed by atoms with van der Waals surface area (Å²) in [6.07, 6.45) is -0.194. The quantitative estimate of drug-likeness (QED) is 0.806. The lowest BCUT2D eigenvalue weighted by atomic mass is 10.1. The van der Waals surface area contributed by atoms with Crippen LogP contribution in [-0.2, 0) is 14.8 Å². The second kappa shape index (κ2) is 7.92. The summed E-state index contributed by atoms with van der Waals surface area (Å²) in [7, 11) is -3.77. The zero-order chi connectivity index (χ0) is 19.5. The molecule has 0 aliphatic rings. The molecule has 0 unspecified atom stereocenters. The number of carbonyl (C=O) groups excluding carboxylic acids is 1. The zero-order valence-corrected chi connectivity index (χ0v) is 15.5. The molecule has 0 bridgehead atoms. The number of hydrogen-bond donors (Lipinski definition) is 2. The van der Waals surface area contributed by atoms with Crippen molar-refractivity contribution in [2.75, 3.05) is 11.9 Å². The fraction of sp³-hybridized carbons (Fsp3) is 0.278. The monoisotopic (exact) mass is 382 g/mol.